The summed E-state index contributed by atoms with van der Waals surface area (Å²) >= 11 is 0. The molecule has 2 aliphatic carbocycles. The molecule has 4 nitrogen and oxygen atoms in total. The zero-order valence-electron chi connectivity index (χ0n) is 9.46. The van der Waals surface area contributed by atoms with Gasteiger partial charge in [-0.2, -0.15) is 0 Å². The molecule has 4 heteroatoms. The van der Waals surface area contributed by atoms with Crippen molar-refractivity contribution in [3.05, 3.63) is 0 Å². The zero-order valence-corrected chi connectivity index (χ0v) is 9.46. The van der Waals surface area contributed by atoms with E-state index in [1.807, 2.05) is 0 Å². The molecule has 0 unspecified atom stereocenters. The van der Waals surface area contributed by atoms with Gasteiger partial charge in [0.05, 0.1) is 31.3 Å². The highest BCUT2D eigenvalue weighted by Crippen LogP contribution is 2.49. The van der Waals surface area contributed by atoms with Crippen LogP contribution in [-0.4, -0.2) is 36.5 Å². The third-order valence-corrected chi connectivity index (χ3v) is 4.47. The normalized spacial score (nSPS) is 50.1. The number of ether oxygens (including phenoxy) is 2. The summed E-state index contributed by atoms with van der Waals surface area (Å²) in [4.78, 5) is 11.5. The van der Waals surface area contributed by atoms with Gasteiger partial charge in [-0.1, -0.05) is 0 Å². The lowest BCUT2D eigenvalue weighted by atomic mass is 9.89. The summed E-state index contributed by atoms with van der Waals surface area (Å²) in [6.45, 7) is 0. The van der Waals surface area contributed by atoms with E-state index in [2.05, 4.69) is 0 Å². The zero-order chi connectivity index (χ0) is 11.3. The van der Waals surface area contributed by atoms with E-state index in [9.17, 15) is 9.90 Å². The van der Waals surface area contributed by atoms with Crippen LogP contribution in [-0.2, 0) is 14.3 Å². The fourth-order valence-electron chi connectivity index (χ4n) is 3.56. The summed E-state index contributed by atoms with van der Waals surface area (Å²) in [7, 11) is 1.44. The average Bonchev–Trinajstić information content (AvgIpc) is 2.86. The molecule has 3 aliphatic rings. The molecule has 0 spiro atoms. The Morgan fingerprint density at radius 1 is 1.25 bits per heavy atom. The third-order valence-electron chi connectivity index (χ3n) is 4.47. The van der Waals surface area contributed by atoms with Crippen LogP contribution in [0.1, 0.15) is 25.7 Å². The van der Waals surface area contributed by atoms with E-state index in [4.69, 9.17) is 9.47 Å². The van der Waals surface area contributed by atoms with Gasteiger partial charge < -0.3 is 14.6 Å². The minimum absolute atomic E-state index is 0.00931. The summed E-state index contributed by atoms with van der Waals surface area (Å²) in [5.41, 5.74) is 0. The number of aliphatic hydroxyl groups is 1. The molecule has 2 saturated carbocycles. The first-order chi connectivity index (χ1) is 7.69. The van der Waals surface area contributed by atoms with E-state index in [1.165, 1.54) is 7.11 Å². The number of hydrogen-bond donors (Lipinski definition) is 1. The second-order valence-electron chi connectivity index (χ2n) is 5.37. The number of aliphatic hydroxyl groups excluding tert-OH is 1. The first-order valence-electron chi connectivity index (χ1n) is 6.10. The van der Waals surface area contributed by atoms with Gasteiger partial charge in [-0.15, -0.1) is 0 Å². The van der Waals surface area contributed by atoms with Gasteiger partial charge in [-0.25, -0.2) is 0 Å². The molecule has 0 aromatic rings. The maximum absolute atomic E-state index is 11.5. The largest absolute Gasteiger partial charge is 0.469 e. The van der Waals surface area contributed by atoms with Gasteiger partial charge in [-0.05, 0) is 31.1 Å². The number of rotatable bonds is 1. The van der Waals surface area contributed by atoms with Crippen molar-refractivity contribution < 1.29 is 19.4 Å². The Morgan fingerprint density at radius 3 is 2.75 bits per heavy atom. The van der Waals surface area contributed by atoms with Crippen molar-refractivity contribution in [2.75, 3.05) is 7.11 Å². The molecule has 0 aromatic heterocycles. The van der Waals surface area contributed by atoms with E-state index >= 15 is 0 Å². The molecule has 6 atom stereocenters. The summed E-state index contributed by atoms with van der Waals surface area (Å²) in [6, 6.07) is 0. The van der Waals surface area contributed by atoms with Crippen molar-refractivity contribution in [3.8, 4) is 0 Å². The number of hydrogen-bond acceptors (Lipinski definition) is 4. The lowest BCUT2D eigenvalue weighted by Gasteiger charge is -2.21. The van der Waals surface area contributed by atoms with Crippen LogP contribution in [0.5, 0.6) is 0 Å². The van der Waals surface area contributed by atoms with Gasteiger partial charge >= 0.3 is 5.97 Å². The van der Waals surface area contributed by atoms with Crippen LogP contribution in [0, 0.1) is 17.8 Å². The van der Waals surface area contributed by atoms with Crippen molar-refractivity contribution in [1.82, 2.24) is 0 Å². The van der Waals surface area contributed by atoms with Gasteiger partial charge in [0.15, 0.2) is 0 Å². The molecule has 16 heavy (non-hydrogen) atoms. The van der Waals surface area contributed by atoms with Crippen molar-refractivity contribution in [2.24, 2.45) is 17.8 Å². The molecular formula is C12H18O4. The highest BCUT2D eigenvalue weighted by molar-refractivity contribution is 5.72. The maximum Gasteiger partial charge on any atom is 0.308 e. The quantitative estimate of drug-likeness (QED) is 0.529. The SMILES string of the molecule is COC(=O)[C@H]1C[C@H]2C[C@@H]3O[C@@H]3C[C@@H](O)[C@H]2C1. The molecule has 1 N–H and O–H groups in total. The predicted octanol–water partition coefficient (Wildman–Crippen LogP) is 0.724. The Labute approximate surface area is 94.9 Å². The van der Waals surface area contributed by atoms with Crippen molar-refractivity contribution in [3.63, 3.8) is 0 Å². The Bertz CT molecular complexity index is 303. The predicted molar refractivity (Wildman–Crippen MR) is 55.6 cm³/mol. The van der Waals surface area contributed by atoms with Crippen LogP contribution < -0.4 is 0 Å². The van der Waals surface area contributed by atoms with Crippen molar-refractivity contribution in [1.29, 1.82) is 0 Å². The number of esters is 1. The second kappa shape index (κ2) is 3.70. The topological polar surface area (TPSA) is 59.1 Å². The molecule has 3 rings (SSSR count). The summed E-state index contributed by atoms with van der Waals surface area (Å²) < 4.78 is 10.3. The number of methoxy groups -OCH3 is 1. The van der Waals surface area contributed by atoms with Crippen LogP contribution in [0.4, 0.5) is 0 Å². The first-order valence-corrected chi connectivity index (χ1v) is 6.10. The second-order valence-corrected chi connectivity index (χ2v) is 5.37. The molecule has 0 amide bonds. The van der Waals surface area contributed by atoms with E-state index in [0.29, 0.717) is 12.0 Å². The van der Waals surface area contributed by atoms with Gasteiger partial charge in [0, 0.05) is 6.42 Å². The number of epoxide rings is 1. The molecule has 1 saturated heterocycles. The molecule has 0 radical (unpaired) electrons. The van der Waals surface area contributed by atoms with Crippen LogP contribution in [0.15, 0.2) is 0 Å². The molecule has 3 fully saturated rings. The van der Waals surface area contributed by atoms with E-state index < -0.39 is 0 Å². The lowest BCUT2D eigenvalue weighted by molar-refractivity contribution is -0.145. The Balaban J connectivity index is 1.71. The van der Waals surface area contributed by atoms with E-state index in [0.717, 1.165) is 25.7 Å². The molecule has 1 heterocycles. The lowest BCUT2D eigenvalue weighted by Crippen LogP contribution is -2.24. The standard InChI is InChI=1S/C12H18O4/c1-15-12(14)7-2-6-4-10-11(16-10)5-9(13)8(6)3-7/h6-11,13H,2-5H2,1H3/t6-,7-,8-,9+,10-,11+/m0/s1. The van der Waals surface area contributed by atoms with E-state index in [-0.39, 0.29) is 30.0 Å². The molecular weight excluding hydrogens is 208 g/mol. The number of fused-ring (bicyclic) bond motifs is 2. The Kier molecular flexibility index (Phi) is 2.44. The average molecular weight is 226 g/mol. The van der Waals surface area contributed by atoms with E-state index in [1.54, 1.807) is 0 Å². The van der Waals surface area contributed by atoms with Crippen LogP contribution in [0.2, 0.25) is 0 Å². The number of carbonyl (C=O) groups excluding carboxylic acids is 1. The highest BCUT2D eigenvalue weighted by Gasteiger charge is 2.52. The van der Waals surface area contributed by atoms with Gasteiger partial charge in [0.1, 0.15) is 0 Å². The maximum atomic E-state index is 11.5. The van der Waals surface area contributed by atoms with Gasteiger partial charge in [0.2, 0.25) is 0 Å². The Morgan fingerprint density at radius 2 is 2.00 bits per heavy atom. The van der Waals surface area contributed by atoms with Crippen molar-refractivity contribution in [2.45, 2.75) is 44.0 Å². The highest BCUT2D eigenvalue weighted by atomic mass is 16.6. The van der Waals surface area contributed by atoms with Crippen LogP contribution >= 0.6 is 0 Å². The summed E-state index contributed by atoms with van der Waals surface area (Å²) in [6.07, 6.45) is 3.76. The van der Waals surface area contributed by atoms with Crippen LogP contribution in [0.3, 0.4) is 0 Å². The minimum Gasteiger partial charge on any atom is -0.469 e. The fourth-order valence-corrected chi connectivity index (χ4v) is 3.56. The number of carbonyl (C=O) groups is 1. The van der Waals surface area contributed by atoms with Gasteiger partial charge in [0.25, 0.3) is 0 Å². The first kappa shape index (κ1) is 10.5. The molecule has 0 bridgehead atoms. The fraction of sp³-hybridized carbons (Fsp3) is 0.917. The van der Waals surface area contributed by atoms with Gasteiger partial charge in [-0.3, -0.25) is 4.79 Å². The summed E-state index contributed by atoms with van der Waals surface area (Å²) in [5, 5.41) is 10.1. The minimum atomic E-state index is -0.294. The molecule has 1 aliphatic heterocycles. The monoisotopic (exact) mass is 226 g/mol. The van der Waals surface area contributed by atoms with Crippen LogP contribution in [0.25, 0.3) is 0 Å². The van der Waals surface area contributed by atoms with Crippen molar-refractivity contribution >= 4 is 5.97 Å². The smallest absolute Gasteiger partial charge is 0.308 e. The molecule has 90 valence electrons. The summed E-state index contributed by atoms with van der Waals surface area (Å²) in [5.74, 6) is 0.593. The Hall–Kier alpha value is -0.610. The molecule has 0 aromatic carbocycles. The third kappa shape index (κ3) is 1.64.